The Morgan fingerprint density at radius 3 is 1.65 bits per heavy atom. The van der Waals surface area contributed by atoms with Crippen molar-refractivity contribution in [2.75, 3.05) is 26.3 Å². The highest BCUT2D eigenvalue weighted by Crippen LogP contribution is 2.28. The van der Waals surface area contributed by atoms with E-state index in [1.165, 1.54) is 116 Å². The largest absolute Gasteiger partial charge is 0.465 e. The molecule has 1 aliphatic rings. The van der Waals surface area contributed by atoms with Gasteiger partial charge in [0.1, 0.15) is 12.1 Å². The van der Waals surface area contributed by atoms with Gasteiger partial charge in [0.2, 0.25) is 0 Å². The number of aliphatic hydroxyl groups excluding tert-OH is 1. The van der Waals surface area contributed by atoms with E-state index in [0.29, 0.717) is 32.6 Å². The maximum atomic E-state index is 13.0. The molecule has 2 atom stereocenters. The monoisotopic (exact) mass is 878 g/mol. The fourth-order valence-electron chi connectivity index (χ4n) is 9.22. The van der Waals surface area contributed by atoms with Crippen LogP contribution in [0.25, 0.3) is 0 Å². The summed E-state index contributed by atoms with van der Waals surface area (Å²) in [6, 6.07) is -0.376. The summed E-state index contributed by atoms with van der Waals surface area (Å²) in [5, 5.41) is 10.4. The molecule has 1 aliphatic heterocycles. The predicted octanol–water partition coefficient (Wildman–Crippen LogP) is 14.8. The van der Waals surface area contributed by atoms with Gasteiger partial charge < -0.3 is 19.3 Å². The molecule has 1 saturated heterocycles. The van der Waals surface area contributed by atoms with Crippen LogP contribution in [0.2, 0.25) is 0 Å². The van der Waals surface area contributed by atoms with Crippen molar-refractivity contribution in [1.82, 2.24) is 4.90 Å². The minimum Gasteiger partial charge on any atom is -0.465 e. The fraction of sp³-hybridized carbons (Fsp3) is 0.944. The standard InChI is InChI=1S/C54H103NO7/c1-7-11-15-17-20-28-38-49(39-29-21-18-16-12-8-2)62-51(57)40-30-22-19-25-33-43-60-52(58)50-45-48(56)46-55(50)42-32-24-23-31-41-54(5,6)53(59)61-44-34-37-47(35-26-13-9-3)36-27-14-10-4/h47-50,56H,7-46H2,1-6H3/t48-,50-/m0/s1. The summed E-state index contributed by atoms with van der Waals surface area (Å²) in [6.07, 6.45) is 39.6. The Hall–Kier alpha value is -1.67. The van der Waals surface area contributed by atoms with Crippen molar-refractivity contribution in [3.8, 4) is 0 Å². The lowest BCUT2D eigenvalue weighted by atomic mass is 9.87. The summed E-state index contributed by atoms with van der Waals surface area (Å²) in [5.74, 6) is 0.435. The lowest BCUT2D eigenvalue weighted by Crippen LogP contribution is -2.38. The van der Waals surface area contributed by atoms with Crippen molar-refractivity contribution < 1.29 is 33.7 Å². The number of rotatable bonds is 44. The number of carbonyl (C=O) groups is 3. The third-order valence-electron chi connectivity index (χ3n) is 13.5. The van der Waals surface area contributed by atoms with E-state index in [2.05, 4.69) is 32.6 Å². The first kappa shape index (κ1) is 58.3. The smallest absolute Gasteiger partial charge is 0.323 e. The molecule has 1 fully saturated rings. The van der Waals surface area contributed by atoms with Crippen LogP contribution in [0.4, 0.5) is 0 Å². The van der Waals surface area contributed by atoms with Crippen molar-refractivity contribution in [2.24, 2.45) is 11.3 Å². The van der Waals surface area contributed by atoms with E-state index in [-0.39, 0.29) is 30.1 Å². The number of ether oxygens (including phenoxy) is 3. The van der Waals surface area contributed by atoms with E-state index in [1.807, 2.05) is 13.8 Å². The minimum absolute atomic E-state index is 0.0369. The van der Waals surface area contributed by atoms with Crippen LogP contribution in [-0.4, -0.2) is 72.5 Å². The molecule has 366 valence electrons. The van der Waals surface area contributed by atoms with E-state index < -0.39 is 11.5 Å². The van der Waals surface area contributed by atoms with Crippen LogP contribution in [0, 0.1) is 11.3 Å². The van der Waals surface area contributed by atoms with Gasteiger partial charge in [-0.15, -0.1) is 0 Å². The average Bonchev–Trinajstić information content (AvgIpc) is 3.63. The lowest BCUT2D eigenvalue weighted by molar-refractivity contribution is -0.154. The van der Waals surface area contributed by atoms with Crippen molar-refractivity contribution in [1.29, 1.82) is 0 Å². The van der Waals surface area contributed by atoms with Crippen LogP contribution in [0.1, 0.15) is 273 Å². The van der Waals surface area contributed by atoms with Crippen LogP contribution >= 0.6 is 0 Å². The molecular weight excluding hydrogens is 775 g/mol. The van der Waals surface area contributed by atoms with Crippen LogP contribution in [0.15, 0.2) is 0 Å². The summed E-state index contributed by atoms with van der Waals surface area (Å²) < 4.78 is 17.5. The van der Waals surface area contributed by atoms with Crippen LogP contribution < -0.4 is 0 Å². The zero-order valence-corrected chi connectivity index (χ0v) is 41.9. The van der Waals surface area contributed by atoms with Crippen LogP contribution in [-0.2, 0) is 28.6 Å². The van der Waals surface area contributed by atoms with Crippen molar-refractivity contribution >= 4 is 17.9 Å². The molecule has 1 rings (SSSR count). The number of nitrogens with zero attached hydrogens (tertiary/aromatic N) is 1. The van der Waals surface area contributed by atoms with Gasteiger partial charge in [0.05, 0.1) is 24.7 Å². The van der Waals surface area contributed by atoms with E-state index in [4.69, 9.17) is 14.2 Å². The molecule has 0 unspecified atom stereocenters. The van der Waals surface area contributed by atoms with E-state index >= 15 is 0 Å². The molecule has 0 radical (unpaired) electrons. The quantitative estimate of drug-likeness (QED) is 0.0367. The summed E-state index contributed by atoms with van der Waals surface area (Å²) in [6.45, 7) is 15.3. The normalized spacial score (nSPS) is 15.8. The third-order valence-corrected chi connectivity index (χ3v) is 13.5. The van der Waals surface area contributed by atoms with Gasteiger partial charge in [-0.2, -0.15) is 0 Å². The second kappa shape index (κ2) is 39.7. The van der Waals surface area contributed by atoms with Gasteiger partial charge in [0.25, 0.3) is 0 Å². The Balaban J connectivity index is 2.24. The van der Waals surface area contributed by atoms with Gasteiger partial charge in [-0.25, -0.2) is 0 Å². The molecule has 0 bridgehead atoms. The van der Waals surface area contributed by atoms with Gasteiger partial charge in [-0.05, 0) is 90.5 Å². The van der Waals surface area contributed by atoms with Gasteiger partial charge in [0.15, 0.2) is 0 Å². The Morgan fingerprint density at radius 2 is 1.03 bits per heavy atom. The number of β-amino-alcohol motifs (C(OH)–C–C–N with tert-alkyl or cyclic N) is 1. The molecule has 0 aliphatic carbocycles. The number of esters is 3. The summed E-state index contributed by atoms with van der Waals surface area (Å²) >= 11 is 0. The molecule has 8 heteroatoms. The van der Waals surface area contributed by atoms with Gasteiger partial charge >= 0.3 is 17.9 Å². The lowest BCUT2D eigenvalue weighted by Gasteiger charge is -2.24. The van der Waals surface area contributed by atoms with Crippen molar-refractivity contribution in [2.45, 2.75) is 291 Å². The van der Waals surface area contributed by atoms with Crippen molar-refractivity contribution in [3.63, 3.8) is 0 Å². The Labute approximate surface area is 383 Å². The number of hydrogen-bond donors (Lipinski definition) is 1. The summed E-state index contributed by atoms with van der Waals surface area (Å²) in [5.41, 5.74) is -0.480. The summed E-state index contributed by atoms with van der Waals surface area (Å²) in [4.78, 5) is 40.8. The number of likely N-dealkylation sites (tertiary alicyclic amines) is 1. The first-order valence-electron chi connectivity index (χ1n) is 27.0. The highest BCUT2D eigenvalue weighted by Gasteiger charge is 2.36. The molecule has 0 saturated carbocycles. The van der Waals surface area contributed by atoms with Crippen LogP contribution in [0.5, 0.6) is 0 Å². The molecule has 1 N–H and O–H groups in total. The fourth-order valence-corrected chi connectivity index (χ4v) is 9.22. The van der Waals surface area contributed by atoms with E-state index in [0.717, 1.165) is 115 Å². The average molecular weight is 878 g/mol. The number of unbranched alkanes of at least 4 members (excludes halogenated alkanes) is 21. The zero-order chi connectivity index (χ0) is 45.5. The molecule has 0 aromatic rings. The number of aliphatic hydroxyl groups is 1. The van der Waals surface area contributed by atoms with Crippen LogP contribution in [0.3, 0.4) is 0 Å². The Bertz CT molecular complexity index is 1040. The first-order chi connectivity index (χ1) is 30.1. The molecule has 62 heavy (non-hydrogen) atoms. The van der Waals surface area contributed by atoms with Gasteiger partial charge in [-0.1, -0.05) is 182 Å². The number of hydrogen-bond acceptors (Lipinski definition) is 8. The molecule has 0 spiro atoms. The van der Waals surface area contributed by atoms with Crippen molar-refractivity contribution in [3.05, 3.63) is 0 Å². The van der Waals surface area contributed by atoms with Gasteiger partial charge in [-0.3, -0.25) is 19.3 Å². The SMILES string of the molecule is CCCCCCCCC(CCCCCCCC)OC(=O)CCCCCCCOC(=O)[C@@H]1C[C@H](O)CN1CCCCCCC(C)(C)C(=O)OCCCC(CCCCC)CCCCC. The second-order valence-electron chi connectivity index (χ2n) is 20.0. The second-order valence-corrected chi connectivity index (χ2v) is 20.0. The third kappa shape index (κ3) is 31.2. The number of carbonyl (C=O) groups excluding carboxylic acids is 3. The van der Waals surface area contributed by atoms with E-state index in [9.17, 15) is 19.5 Å². The highest BCUT2D eigenvalue weighted by atomic mass is 16.5. The maximum Gasteiger partial charge on any atom is 0.323 e. The maximum absolute atomic E-state index is 13.0. The predicted molar refractivity (Wildman–Crippen MR) is 259 cm³/mol. The van der Waals surface area contributed by atoms with E-state index in [1.54, 1.807) is 0 Å². The summed E-state index contributed by atoms with van der Waals surface area (Å²) in [7, 11) is 0. The molecular formula is C54H103NO7. The van der Waals surface area contributed by atoms with Gasteiger partial charge in [0, 0.05) is 19.4 Å². The molecule has 8 nitrogen and oxygen atoms in total. The highest BCUT2D eigenvalue weighted by molar-refractivity contribution is 5.76. The minimum atomic E-state index is -0.500. The topological polar surface area (TPSA) is 102 Å². The molecule has 1 heterocycles. The Kier molecular flexibility index (Phi) is 37.3. The molecule has 0 amide bonds. The molecule has 0 aromatic heterocycles. The Morgan fingerprint density at radius 1 is 0.565 bits per heavy atom. The zero-order valence-electron chi connectivity index (χ0n) is 41.9. The molecule has 0 aromatic carbocycles. The first-order valence-corrected chi connectivity index (χ1v) is 27.0.